The van der Waals surface area contributed by atoms with Gasteiger partial charge in [0.2, 0.25) is 5.91 Å². The molecule has 3 nitrogen and oxygen atoms in total. The van der Waals surface area contributed by atoms with E-state index in [1.807, 2.05) is 6.07 Å². The Labute approximate surface area is 123 Å². The Morgan fingerprint density at radius 2 is 1.95 bits per heavy atom. The Morgan fingerprint density at radius 1 is 1.14 bits per heavy atom. The lowest BCUT2D eigenvalue weighted by Crippen LogP contribution is -2.20. The Morgan fingerprint density at radius 3 is 2.81 bits per heavy atom. The van der Waals surface area contributed by atoms with Crippen LogP contribution in [0, 0.1) is 0 Å². The quantitative estimate of drug-likeness (QED) is 0.699. The van der Waals surface area contributed by atoms with Crippen molar-refractivity contribution in [2.75, 3.05) is 6.54 Å². The molecule has 0 bridgehead atoms. The van der Waals surface area contributed by atoms with Crippen LogP contribution in [-0.4, -0.2) is 17.4 Å². The van der Waals surface area contributed by atoms with Gasteiger partial charge < -0.3 is 10.3 Å². The number of hydrogen-bond donors (Lipinski definition) is 2. The molecule has 106 valence electrons. The third kappa shape index (κ3) is 2.97. The van der Waals surface area contributed by atoms with E-state index >= 15 is 0 Å². The highest BCUT2D eigenvalue weighted by Crippen LogP contribution is 2.26. The zero-order valence-electron chi connectivity index (χ0n) is 12.0. The Bertz CT molecular complexity index is 814. The second-order valence-corrected chi connectivity index (χ2v) is 5.15. The molecule has 0 unspecified atom stereocenters. The van der Waals surface area contributed by atoms with E-state index in [0.29, 0.717) is 6.54 Å². The highest BCUT2D eigenvalue weighted by molar-refractivity contribution is 6.07. The smallest absolute Gasteiger partial charge is 0.216 e. The zero-order valence-corrected chi connectivity index (χ0v) is 12.0. The van der Waals surface area contributed by atoms with Crippen LogP contribution in [0.25, 0.3) is 27.9 Å². The van der Waals surface area contributed by atoms with E-state index in [0.717, 1.165) is 11.9 Å². The van der Waals surface area contributed by atoms with Gasteiger partial charge in [-0.2, -0.15) is 0 Å². The summed E-state index contributed by atoms with van der Waals surface area (Å²) in [5, 5.41) is 5.28. The zero-order chi connectivity index (χ0) is 14.7. The number of H-pyrrole nitrogens is 1. The predicted octanol–water partition coefficient (Wildman–Crippen LogP) is 3.86. The number of benzene rings is 2. The average molecular weight is 278 g/mol. The maximum absolute atomic E-state index is 10.8. The lowest BCUT2D eigenvalue weighted by Gasteiger charge is -1.98. The van der Waals surface area contributed by atoms with Crippen molar-refractivity contribution in [3.8, 4) is 0 Å². The van der Waals surface area contributed by atoms with Gasteiger partial charge in [-0.25, -0.2) is 0 Å². The van der Waals surface area contributed by atoms with E-state index in [1.165, 1.54) is 28.8 Å². The topological polar surface area (TPSA) is 44.9 Å². The van der Waals surface area contributed by atoms with Crippen molar-refractivity contribution in [3.05, 3.63) is 54.1 Å². The molecule has 0 saturated carbocycles. The van der Waals surface area contributed by atoms with Crippen LogP contribution in [0.4, 0.5) is 0 Å². The highest BCUT2D eigenvalue weighted by atomic mass is 16.1. The largest absolute Gasteiger partial charge is 0.356 e. The minimum atomic E-state index is 0.0172. The monoisotopic (exact) mass is 278 g/mol. The van der Waals surface area contributed by atoms with Crippen molar-refractivity contribution in [1.82, 2.24) is 10.3 Å². The van der Waals surface area contributed by atoms with Gasteiger partial charge in [0.1, 0.15) is 0 Å². The van der Waals surface area contributed by atoms with Crippen LogP contribution in [0.2, 0.25) is 0 Å². The van der Waals surface area contributed by atoms with Crippen LogP contribution >= 0.6 is 0 Å². The molecular formula is C18H18N2O. The molecule has 1 aromatic heterocycles. The first kappa shape index (κ1) is 13.4. The van der Waals surface area contributed by atoms with Crippen LogP contribution in [0.1, 0.15) is 18.9 Å². The molecule has 0 aliphatic heterocycles. The molecule has 3 aromatic rings. The van der Waals surface area contributed by atoms with E-state index in [4.69, 9.17) is 0 Å². The van der Waals surface area contributed by atoms with Gasteiger partial charge in [-0.05, 0) is 30.2 Å². The summed E-state index contributed by atoms with van der Waals surface area (Å²) >= 11 is 0. The molecule has 0 atom stereocenters. The van der Waals surface area contributed by atoms with Gasteiger partial charge in [0.25, 0.3) is 0 Å². The molecule has 3 rings (SSSR count). The number of amides is 1. The summed E-state index contributed by atoms with van der Waals surface area (Å²) in [5.41, 5.74) is 3.50. The molecule has 0 saturated heterocycles. The average Bonchev–Trinajstić information content (AvgIpc) is 2.84. The first-order chi connectivity index (χ1) is 10.2. The summed E-state index contributed by atoms with van der Waals surface area (Å²) in [4.78, 5) is 14.2. The number of nitrogens with one attached hydrogen (secondary N) is 2. The lowest BCUT2D eigenvalue weighted by molar-refractivity contribution is -0.118. The number of carbonyl (C=O) groups excluding carboxylic acids is 1. The number of carbonyl (C=O) groups is 1. The van der Waals surface area contributed by atoms with E-state index in [2.05, 4.69) is 58.9 Å². The molecule has 0 radical (unpaired) electrons. The maximum atomic E-state index is 10.8. The minimum Gasteiger partial charge on any atom is -0.356 e. The molecule has 0 spiro atoms. The summed E-state index contributed by atoms with van der Waals surface area (Å²) in [6.45, 7) is 2.22. The van der Waals surface area contributed by atoms with Gasteiger partial charge in [-0.1, -0.05) is 36.4 Å². The fourth-order valence-corrected chi connectivity index (χ4v) is 2.52. The molecule has 1 amide bonds. The SMILES string of the molecule is CC(=O)NCCC=Cc1ccc2[nH]c3ccccc3c2c1. The lowest BCUT2D eigenvalue weighted by atomic mass is 10.1. The molecule has 1 heterocycles. The fourth-order valence-electron chi connectivity index (χ4n) is 2.52. The Balaban J connectivity index is 1.82. The molecule has 21 heavy (non-hydrogen) atoms. The summed E-state index contributed by atoms with van der Waals surface area (Å²) in [5.74, 6) is 0.0172. The minimum absolute atomic E-state index is 0.0172. The number of para-hydroxylation sites is 1. The fraction of sp³-hybridized carbons (Fsp3) is 0.167. The summed E-state index contributed by atoms with van der Waals surface area (Å²) in [6.07, 6.45) is 5.03. The van der Waals surface area contributed by atoms with E-state index in [9.17, 15) is 4.79 Å². The third-order valence-electron chi connectivity index (χ3n) is 3.53. The second kappa shape index (κ2) is 5.83. The van der Waals surface area contributed by atoms with Crippen molar-refractivity contribution >= 4 is 33.8 Å². The Kier molecular flexibility index (Phi) is 3.73. The standard InChI is InChI=1S/C18H18N2O/c1-13(21)19-11-5-4-6-14-9-10-18-16(12-14)15-7-2-3-8-17(15)20-18/h2-4,6-10,12,20H,5,11H2,1H3,(H,19,21). The number of fused-ring (bicyclic) bond motifs is 3. The van der Waals surface area contributed by atoms with Gasteiger partial charge in [0.05, 0.1) is 0 Å². The van der Waals surface area contributed by atoms with Crippen molar-refractivity contribution in [2.45, 2.75) is 13.3 Å². The van der Waals surface area contributed by atoms with Gasteiger partial charge in [-0.15, -0.1) is 0 Å². The molecule has 3 heteroatoms. The van der Waals surface area contributed by atoms with Gasteiger partial charge in [0.15, 0.2) is 0 Å². The number of rotatable bonds is 4. The van der Waals surface area contributed by atoms with Gasteiger partial charge in [-0.3, -0.25) is 4.79 Å². The summed E-state index contributed by atoms with van der Waals surface area (Å²) in [7, 11) is 0. The van der Waals surface area contributed by atoms with Crippen LogP contribution in [0.5, 0.6) is 0 Å². The molecule has 0 aliphatic rings. The van der Waals surface area contributed by atoms with Gasteiger partial charge in [0, 0.05) is 35.3 Å². The van der Waals surface area contributed by atoms with E-state index < -0.39 is 0 Å². The van der Waals surface area contributed by atoms with Gasteiger partial charge >= 0.3 is 0 Å². The van der Waals surface area contributed by atoms with Crippen LogP contribution in [0.15, 0.2) is 48.5 Å². The van der Waals surface area contributed by atoms with Crippen molar-refractivity contribution in [1.29, 1.82) is 0 Å². The first-order valence-electron chi connectivity index (χ1n) is 7.15. The molecule has 2 aromatic carbocycles. The van der Waals surface area contributed by atoms with Crippen molar-refractivity contribution in [2.24, 2.45) is 0 Å². The van der Waals surface area contributed by atoms with Crippen LogP contribution in [0.3, 0.4) is 0 Å². The van der Waals surface area contributed by atoms with Crippen molar-refractivity contribution in [3.63, 3.8) is 0 Å². The van der Waals surface area contributed by atoms with Crippen molar-refractivity contribution < 1.29 is 4.79 Å². The van der Waals surface area contributed by atoms with E-state index in [1.54, 1.807) is 0 Å². The number of hydrogen-bond acceptors (Lipinski definition) is 1. The maximum Gasteiger partial charge on any atom is 0.216 e. The summed E-state index contributed by atoms with van der Waals surface area (Å²) < 4.78 is 0. The number of aromatic amines is 1. The second-order valence-electron chi connectivity index (χ2n) is 5.15. The highest BCUT2D eigenvalue weighted by Gasteiger charge is 2.03. The molecule has 2 N–H and O–H groups in total. The summed E-state index contributed by atoms with van der Waals surface area (Å²) in [6, 6.07) is 14.8. The predicted molar refractivity (Wildman–Crippen MR) is 88.1 cm³/mol. The molecular weight excluding hydrogens is 260 g/mol. The normalized spacial score (nSPS) is 11.5. The van der Waals surface area contributed by atoms with Crippen LogP contribution < -0.4 is 5.32 Å². The molecule has 0 fully saturated rings. The molecule has 0 aliphatic carbocycles. The third-order valence-corrected chi connectivity index (χ3v) is 3.53. The number of aromatic nitrogens is 1. The van der Waals surface area contributed by atoms with Crippen LogP contribution in [-0.2, 0) is 4.79 Å². The first-order valence-corrected chi connectivity index (χ1v) is 7.15. The van der Waals surface area contributed by atoms with E-state index in [-0.39, 0.29) is 5.91 Å². The Hall–Kier alpha value is -2.55.